The lowest BCUT2D eigenvalue weighted by Gasteiger charge is -2.55. The molecule has 0 atom stereocenters. The molecule has 8 heteroatoms. The zero-order valence-corrected chi connectivity index (χ0v) is 26.2. The molecule has 0 radical (unpaired) electrons. The maximum Gasteiger partial charge on any atom is 0.262 e. The molecule has 8 nitrogen and oxygen atoms in total. The highest BCUT2D eigenvalue weighted by molar-refractivity contribution is 6.22. The fraction of sp³-hybridized carbons (Fsp3) is 0.237. The van der Waals surface area contributed by atoms with E-state index in [-0.39, 0.29) is 30.1 Å². The van der Waals surface area contributed by atoms with E-state index in [1.807, 2.05) is 59.2 Å². The van der Waals surface area contributed by atoms with Gasteiger partial charge in [0.25, 0.3) is 11.8 Å². The summed E-state index contributed by atoms with van der Waals surface area (Å²) in [4.78, 5) is 38.5. The molecule has 0 bridgehead atoms. The second kappa shape index (κ2) is 9.64. The minimum Gasteiger partial charge on any atom is -0.390 e. The molecule has 3 aromatic carbocycles. The van der Waals surface area contributed by atoms with Gasteiger partial charge in [-0.15, -0.1) is 0 Å². The van der Waals surface area contributed by atoms with Crippen LogP contribution in [0.25, 0.3) is 39.1 Å². The van der Waals surface area contributed by atoms with Crippen molar-refractivity contribution in [3.8, 4) is 22.4 Å². The highest BCUT2D eigenvalue weighted by atomic mass is 16.3. The molecule has 8 rings (SSSR count). The third kappa shape index (κ3) is 4.20. The Morgan fingerprint density at radius 3 is 2.02 bits per heavy atom. The van der Waals surface area contributed by atoms with Crippen molar-refractivity contribution in [1.82, 2.24) is 24.5 Å². The van der Waals surface area contributed by atoms with Gasteiger partial charge < -0.3 is 5.11 Å². The summed E-state index contributed by atoms with van der Waals surface area (Å²) in [7, 11) is 0. The maximum atomic E-state index is 13.6. The van der Waals surface area contributed by atoms with Crippen LogP contribution in [0.15, 0.2) is 97.2 Å². The number of carbonyl (C=O) groups excluding carboxylic acids is 2. The summed E-state index contributed by atoms with van der Waals surface area (Å²) in [5.41, 5.74) is 5.50. The van der Waals surface area contributed by atoms with Gasteiger partial charge in [0.15, 0.2) is 11.3 Å². The molecular weight excluding hydrogens is 574 g/mol. The number of benzene rings is 3. The number of amides is 2. The van der Waals surface area contributed by atoms with E-state index in [0.717, 1.165) is 44.7 Å². The van der Waals surface area contributed by atoms with Gasteiger partial charge in [-0.3, -0.25) is 14.5 Å². The summed E-state index contributed by atoms with van der Waals surface area (Å²) in [6.07, 6.45) is 2.36. The van der Waals surface area contributed by atoms with Gasteiger partial charge >= 0.3 is 0 Å². The number of aliphatic hydroxyl groups is 1. The summed E-state index contributed by atoms with van der Waals surface area (Å²) < 4.78 is 1.82. The van der Waals surface area contributed by atoms with Crippen LogP contribution in [0.2, 0.25) is 0 Å². The molecule has 6 aromatic rings. The molecule has 1 saturated carbocycles. The average molecular weight is 608 g/mol. The van der Waals surface area contributed by atoms with E-state index in [1.165, 1.54) is 4.90 Å². The minimum atomic E-state index is -0.997. The summed E-state index contributed by atoms with van der Waals surface area (Å²) in [6, 6.07) is 29.1. The van der Waals surface area contributed by atoms with Crippen molar-refractivity contribution in [1.29, 1.82) is 0 Å². The first kappa shape index (κ1) is 28.3. The first-order valence-corrected chi connectivity index (χ1v) is 15.5. The smallest absolute Gasteiger partial charge is 0.262 e. The summed E-state index contributed by atoms with van der Waals surface area (Å²) in [6.45, 7) is 8.13. The van der Waals surface area contributed by atoms with Crippen molar-refractivity contribution >= 4 is 28.5 Å². The van der Waals surface area contributed by atoms with Crippen LogP contribution < -0.4 is 0 Å². The van der Waals surface area contributed by atoms with Gasteiger partial charge in [-0.2, -0.15) is 9.61 Å². The Bertz CT molecular complexity index is 2170. The van der Waals surface area contributed by atoms with Crippen LogP contribution in [0.3, 0.4) is 0 Å². The van der Waals surface area contributed by atoms with E-state index < -0.39 is 11.1 Å². The SMILES string of the molecule is CC1(O)CC(c2ccc(-c3nc4c(cnc5cc(C(C)(C)C)nn54)cc3-c3ccccc3)cc2)(N2C(=O)c3ccccc3C2=O)C1. The number of fused-ring (bicyclic) bond motifs is 4. The molecule has 228 valence electrons. The fourth-order valence-corrected chi connectivity index (χ4v) is 7.18. The Balaban J connectivity index is 1.27. The van der Waals surface area contributed by atoms with Crippen LogP contribution in [-0.4, -0.2) is 47.0 Å². The number of hydrogen-bond acceptors (Lipinski definition) is 6. The summed E-state index contributed by atoms with van der Waals surface area (Å²) in [5.74, 6) is -0.650. The monoisotopic (exact) mass is 607 g/mol. The van der Waals surface area contributed by atoms with E-state index in [1.54, 1.807) is 31.2 Å². The number of aromatic nitrogens is 4. The minimum absolute atomic E-state index is 0.149. The Morgan fingerprint density at radius 1 is 0.783 bits per heavy atom. The Hall–Kier alpha value is -5.21. The molecular formula is C38H33N5O3. The lowest BCUT2D eigenvalue weighted by atomic mass is 9.61. The number of rotatable bonds is 4. The number of pyridine rings is 1. The van der Waals surface area contributed by atoms with E-state index in [4.69, 9.17) is 15.1 Å². The summed E-state index contributed by atoms with van der Waals surface area (Å²) >= 11 is 0. The lowest BCUT2D eigenvalue weighted by Crippen LogP contribution is -2.63. The van der Waals surface area contributed by atoms with E-state index in [0.29, 0.717) is 16.8 Å². The van der Waals surface area contributed by atoms with Gasteiger partial charge in [-0.05, 0) is 36.2 Å². The number of imide groups is 1. The number of nitrogens with zero attached hydrogens (tertiary/aromatic N) is 5. The van der Waals surface area contributed by atoms with E-state index in [9.17, 15) is 14.7 Å². The van der Waals surface area contributed by atoms with Crippen molar-refractivity contribution in [2.75, 3.05) is 0 Å². The molecule has 4 heterocycles. The third-order valence-corrected chi connectivity index (χ3v) is 9.38. The van der Waals surface area contributed by atoms with Crippen LogP contribution in [-0.2, 0) is 11.0 Å². The predicted octanol–water partition coefficient (Wildman–Crippen LogP) is 6.95. The van der Waals surface area contributed by atoms with Crippen molar-refractivity contribution < 1.29 is 14.7 Å². The molecule has 0 saturated heterocycles. The first-order chi connectivity index (χ1) is 22.0. The molecule has 1 aliphatic carbocycles. The van der Waals surface area contributed by atoms with Gasteiger partial charge in [-0.25, -0.2) is 9.97 Å². The standard InChI is InChI=1S/C38H33N5O3/c1-36(2,3)30-19-31-39-20-25-18-29(23-10-6-5-7-11-23)32(40-33(25)43(31)41-30)24-14-16-26(17-15-24)38(21-37(4,46)22-38)42-34(44)27-12-8-9-13-28(27)35(42)45/h5-20,46H,21-22H2,1-4H3. The first-order valence-electron chi connectivity index (χ1n) is 15.5. The molecule has 2 aliphatic rings. The fourth-order valence-electron chi connectivity index (χ4n) is 7.18. The van der Waals surface area contributed by atoms with Crippen LogP contribution >= 0.6 is 0 Å². The third-order valence-electron chi connectivity index (χ3n) is 9.38. The molecule has 2 amide bonds. The molecule has 3 aromatic heterocycles. The lowest BCUT2D eigenvalue weighted by molar-refractivity contribution is -0.118. The zero-order valence-electron chi connectivity index (χ0n) is 26.2. The Kier molecular flexibility index (Phi) is 5.93. The highest BCUT2D eigenvalue weighted by Crippen LogP contribution is 2.54. The van der Waals surface area contributed by atoms with Gasteiger partial charge in [0, 0.05) is 47.0 Å². The van der Waals surface area contributed by atoms with Gasteiger partial charge in [0.05, 0.1) is 33.7 Å². The van der Waals surface area contributed by atoms with Gasteiger partial charge in [0.1, 0.15) is 0 Å². The highest BCUT2D eigenvalue weighted by Gasteiger charge is 2.60. The second-order valence-electron chi connectivity index (χ2n) is 13.9. The average Bonchev–Trinajstić information content (AvgIpc) is 3.59. The molecule has 1 aliphatic heterocycles. The second-order valence-corrected chi connectivity index (χ2v) is 13.9. The van der Waals surface area contributed by atoms with Crippen molar-refractivity contribution in [3.63, 3.8) is 0 Å². The van der Waals surface area contributed by atoms with Crippen molar-refractivity contribution in [2.45, 2.75) is 57.1 Å². The summed E-state index contributed by atoms with van der Waals surface area (Å²) in [5, 5.41) is 16.7. The predicted molar refractivity (Wildman–Crippen MR) is 176 cm³/mol. The van der Waals surface area contributed by atoms with E-state index in [2.05, 4.69) is 39.0 Å². The van der Waals surface area contributed by atoms with Crippen LogP contribution in [0.1, 0.15) is 72.5 Å². The molecule has 1 N–H and O–H groups in total. The van der Waals surface area contributed by atoms with Crippen LogP contribution in [0.5, 0.6) is 0 Å². The zero-order chi connectivity index (χ0) is 32.0. The Morgan fingerprint density at radius 2 is 1.41 bits per heavy atom. The normalized spacial score (nSPS) is 21.2. The van der Waals surface area contributed by atoms with Crippen LogP contribution in [0, 0.1) is 0 Å². The quantitative estimate of drug-likeness (QED) is 0.218. The van der Waals surface area contributed by atoms with Crippen molar-refractivity contribution in [3.05, 3.63) is 120 Å². The van der Waals surface area contributed by atoms with Gasteiger partial charge in [-0.1, -0.05) is 87.5 Å². The largest absolute Gasteiger partial charge is 0.390 e. The molecule has 46 heavy (non-hydrogen) atoms. The molecule has 0 unspecified atom stereocenters. The number of hydrogen-bond donors (Lipinski definition) is 1. The maximum absolute atomic E-state index is 13.6. The van der Waals surface area contributed by atoms with Crippen molar-refractivity contribution in [2.24, 2.45) is 0 Å². The topological polar surface area (TPSA) is 101 Å². The molecule has 0 spiro atoms. The molecule has 1 fully saturated rings. The van der Waals surface area contributed by atoms with Gasteiger partial charge in [0.2, 0.25) is 0 Å². The van der Waals surface area contributed by atoms with Crippen LogP contribution in [0.4, 0.5) is 0 Å². The number of carbonyl (C=O) groups is 2. The van der Waals surface area contributed by atoms with E-state index >= 15 is 0 Å². The Labute approximate surface area is 266 Å².